The van der Waals surface area contributed by atoms with E-state index >= 15 is 0 Å². The van der Waals surface area contributed by atoms with Gasteiger partial charge in [-0.15, -0.1) is 0 Å². The van der Waals surface area contributed by atoms with Gasteiger partial charge in [0.15, 0.2) is 0 Å². The van der Waals surface area contributed by atoms with Gasteiger partial charge in [-0.05, 0) is 40.9 Å². The van der Waals surface area contributed by atoms with Crippen molar-refractivity contribution >= 4 is 21.6 Å². The first-order valence-corrected chi connectivity index (χ1v) is 5.31. The number of hydrogen-bond acceptors (Lipinski definition) is 2. The van der Waals surface area contributed by atoms with Gasteiger partial charge in [-0.3, -0.25) is 0 Å². The van der Waals surface area contributed by atoms with Gasteiger partial charge >= 0.3 is 0 Å². The zero-order valence-corrected chi connectivity index (χ0v) is 8.92. The van der Waals surface area contributed by atoms with Crippen molar-refractivity contribution in [1.29, 1.82) is 0 Å². The molecule has 3 heteroatoms. The number of nitrogens with one attached hydrogen (secondary N) is 1. The van der Waals surface area contributed by atoms with E-state index < -0.39 is 0 Å². The van der Waals surface area contributed by atoms with E-state index in [4.69, 9.17) is 5.73 Å². The predicted molar refractivity (Wildman–Crippen MR) is 58.8 cm³/mol. The summed E-state index contributed by atoms with van der Waals surface area (Å²) in [4.78, 5) is 0. The predicted octanol–water partition coefficient (Wildman–Crippen LogP) is 2.35. The molecule has 0 atom stereocenters. The lowest BCUT2D eigenvalue weighted by molar-refractivity contribution is 0.373. The van der Waals surface area contributed by atoms with Gasteiger partial charge in [-0.25, -0.2) is 0 Å². The maximum atomic E-state index is 5.71. The summed E-state index contributed by atoms with van der Waals surface area (Å²) in [5.41, 5.74) is 6.87. The molecule has 0 bridgehead atoms. The maximum Gasteiger partial charge on any atom is 0.0486 e. The van der Waals surface area contributed by atoms with E-state index in [0.717, 1.165) is 17.3 Å². The standard InChI is InChI=1S/C10H13BrN2/c11-9-3-1-2-4-10(9)13-8-5-7(12)6-8/h1-4,7-8,13H,5-6,12H2. The summed E-state index contributed by atoms with van der Waals surface area (Å²) in [5.74, 6) is 0. The van der Waals surface area contributed by atoms with Crippen molar-refractivity contribution in [3.63, 3.8) is 0 Å². The van der Waals surface area contributed by atoms with Gasteiger partial charge in [0.2, 0.25) is 0 Å². The summed E-state index contributed by atoms with van der Waals surface area (Å²) in [6.45, 7) is 0. The summed E-state index contributed by atoms with van der Waals surface area (Å²) < 4.78 is 1.12. The molecule has 13 heavy (non-hydrogen) atoms. The third kappa shape index (κ3) is 2.03. The molecule has 0 heterocycles. The fraction of sp³-hybridized carbons (Fsp3) is 0.400. The molecule has 0 radical (unpaired) electrons. The van der Waals surface area contributed by atoms with Crippen LogP contribution in [0.15, 0.2) is 28.7 Å². The number of hydrogen-bond donors (Lipinski definition) is 2. The lowest BCUT2D eigenvalue weighted by atomic mass is 9.87. The highest BCUT2D eigenvalue weighted by molar-refractivity contribution is 9.10. The Kier molecular flexibility index (Phi) is 2.56. The van der Waals surface area contributed by atoms with Crippen LogP contribution in [0.25, 0.3) is 0 Å². The van der Waals surface area contributed by atoms with Gasteiger partial charge in [-0.2, -0.15) is 0 Å². The average Bonchev–Trinajstić information content (AvgIpc) is 2.06. The van der Waals surface area contributed by atoms with Crippen LogP contribution in [-0.2, 0) is 0 Å². The Labute approximate surface area is 86.6 Å². The molecule has 1 aromatic carbocycles. The van der Waals surface area contributed by atoms with Crippen molar-refractivity contribution < 1.29 is 0 Å². The molecular formula is C10H13BrN2. The third-order valence-electron chi connectivity index (χ3n) is 2.41. The molecule has 2 nitrogen and oxygen atoms in total. The van der Waals surface area contributed by atoms with E-state index in [2.05, 4.69) is 27.3 Å². The summed E-state index contributed by atoms with van der Waals surface area (Å²) in [7, 11) is 0. The Morgan fingerprint density at radius 2 is 2.00 bits per heavy atom. The number of rotatable bonds is 2. The molecule has 0 saturated heterocycles. The molecule has 1 aliphatic rings. The molecule has 0 spiro atoms. The Hall–Kier alpha value is -0.540. The quantitative estimate of drug-likeness (QED) is 0.834. The molecule has 0 amide bonds. The molecule has 0 aliphatic heterocycles. The normalized spacial score (nSPS) is 26.6. The van der Waals surface area contributed by atoms with Crippen LogP contribution in [0.3, 0.4) is 0 Å². The molecule has 1 fully saturated rings. The Morgan fingerprint density at radius 3 is 2.62 bits per heavy atom. The van der Waals surface area contributed by atoms with E-state index in [1.54, 1.807) is 0 Å². The topological polar surface area (TPSA) is 38.0 Å². The zero-order valence-electron chi connectivity index (χ0n) is 7.33. The van der Waals surface area contributed by atoms with Crippen LogP contribution in [-0.4, -0.2) is 12.1 Å². The van der Waals surface area contributed by atoms with E-state index in [9.17, 15) is 0 Å². The van der Waals surface area contributed by atoms with Gasteiger partial charge in [-0.1, -0.05) is 12.1 Å². The van der Waals surface area contributed by atoms with Gasteiger partial charge in [0.25, 0.3) is 0 Å². The number of para-hydroxylation sites is 1. The minimum absolute atomic E-state index is 0.403. The highest BCUT2D eigenvalue weighted by Gasteiger charge is 2.25. The Bertz CT molecular complexity index is 295. The summed E-state index contributed by atoms with van der Waals surface area (Å²) in [6, 6.07) is 9.14. The molecule has 1 aromatic rings. The second kappa shape index (κ2) is 3.68. The van der Waals surface area contributed by atoms with Gasteiger partial charge in [0.1, 0.15) is 0 Å². The first-order chi connectivity index (χ1) is 6.25. The van der Waals surface area contributed by atoms with Crippen LogP contribution in [0.1, 0.15) is 12.8 Å². The second-order valence-corrected chi connectivity index (χ2v) is 4.41. The molecule has 2 rings (SSSR count). The van der Waals surface area contributed by atoms with Crippen molar-refractivity contribution in [2.24, 2.45) is 5.73 Å². The highest BCUT2D eigenvalue weighted by Crippen LogP contribution is 2.27. The molecule has 70 valence electrons. The first kappa shape index (κ1) is 9.03. The van der Waals surface area contributed by atoms with E-state index in [1.165, 1.54) is 5.69 Å². The van der Waals surface area contributed by atoms with Crippen LogP contribution >= 0.6 is 15.9 Å². The van der Waals surface area contributed by atoms with Gasteiger partial charge in [0, 0.05) is 22.2 Å². The van der Waals surface area contributed by atoms with Gasteiger partial charge in [0.05, 0.1) is 0 Å². The van der Waals surface area contributed by atoms with Crippen LogP contribution < -0.4 is 11.1 Å². The first-order valence-electron chi connectivity index (χ1n) is 4.52. The molecular weight excluding hydrogens is 228 g/mol. The van der Waals surface area contributed by atoms with Crippen molar-refractivity contribution in [2.45, 2.75) is 24.9 Å². The largest absolute Gasteiger partial charge is 0.381 e. The minimum Gasteiger partial charge on any atom is -0.381 e. The van der Waals surface area contributed by atoms with Crippen LogP contribution in [0, 0.1) is 0 Å². The molecule has 1 saturated carbocycles. The van der Waals surface area contributed by atoms with E-state index in [0.29, 0.717) is 12.1 Å². The monoisotopic (exact) mass is 240 g/mol. The lowest BCUT2D eigenvalue weighted by Crippen LogP contribution is -2.44. The number of halogens is 1. The number of anilines is 1. The number of benzene rings is 1. The van der Waals surface area contributed by atoms with Crippen LogP contribution in [0.2, 0.25) is 0 Å². The van der Waals surface area contributed by atoms with Crippen LogP contribution in [0.5, 0.6) is 0 Å². The summed E-state index contributed by atoms with van der Waals surface area (Å²) in [5, 5.41) is 3.45. The fourth-order valence-corrected chi connectivity index (χ4v) is 1.98. The summed E-state index contributed by atoms with van der Waals surface area (Å²) in [6.07, 6.45) is 2.17. The number of nitrogens with two attached hydrogens (primary N) is 1. The zero-order chi connectivity index (χ0) is 9.26. The Balaban J connectivity index is 1.98. The molecule has 0 aromatic heterocycles. The van der Waals surface area contributed by atoms with E-state index in [-0.39, 0.29) is 0 Å². The molecule has 0 unspecified atom stereocenters. The van der Waals surface area contributed by atoms with Crippen molar-refractivity contribution in [3.8, 4) is 0 Å². The fourth-order valence-electron chi connectivity index (χ4n) is 1.58. The lowest BCUT2D eigenvalue weighted by Gasteiger charge is -2.34. The van der Waals surface area contributed by atoms with Crippen LogP contribution in [0.4, 0.5) is 5.69 Å². The maximum absolute atomic E-state index is 5.71. The SMILES string of the molecule is NC1CC(Nc2ccccc2Br)C1. The van der Waals surface area contributed by atoms with E-state index in [1.807, 2.05) is 18.2 Å². The average molecular weight is 241 g/mol. The highest BCUT2D eigenvalue weighted by atomic mass is 79.9. The van der Waals surface area contributed by atoms with Crippen molar-refractivity contribution in [3.05, 3.63) is 28.7 Å². The summed E-state index contributed by atoms with van der Waals surface area (Å²) >= 11 is 3.50. The smallest absolute Gasteiger partial charge is 0.0486 e. The minimum atomic E-state index is 0.403. The van der Waals surface area contributed by atoms with Crippen molar-refractivity contribution in [2.75, 3.05) is 5.32 Å². The third-order valence-corrected chi connectivity index (χ3v) is 3.10. The second-order valence-electron chi connectivity index (χ2n) is 3.55. The van der Waals surface area contributed by atoms with Gasteiger partial charge < -0.3 is 11.1 Å². The Morgan fingerprint density at radius 1 is 1.31 bits per heavy atom. The molecule has 3 N–H and O–H groups in total. The molecule has 1 aliphatic carbocycles. The van der Waals surface area contributed by atoms with Crippen molar-refractivity contribution in [1.82, 2.24) is 0 Å².